The maximum atomic E-state index is 13.6. The van der Waals surface area contributed by atoms with Crippen LogP contribution in [0.5, 0.6) is 23.0 Å². The van der Waals surface area contributed by atoms with Crippen LogP contribution in [0.15, 0.2) is 160 Å². The molecule has 1 aliphatic carbocycles. The summed E-state index contributed by atoms with van der Waals surface area (Å²) >= 11 is 30.0. The lowest BCUT2D eigenvalue weighted by molar-refractivity contribution is -0.164. The highest BCUT2D eigenvalue weighted by molar-refractivity contribution is 7.25. The molecule has 11 aromatic rings. The Balaban J connectivity index is 0.730. The first kappa shape index (κ1) is 75.8. The second-order valence-electron chi connectivity index (χ2n) is 25.0. The van der Waals surface area contributed by atoms with Crippen LogP contribution < -0.4 is 35.2 Å². The van der Waals surface area contributed by atoms with Crippen LogP contribution in [-0.4, -0.2) is 133 Å². The summed E-state index contributed by atoms with van der Waals surface area (Å²) in [5.41, 5.74) is 0.0174. The van der Waals surface area contributed by atoms with Crippen molar-refractivity contribution in [1.29, 1.82) is 0 Å². The molecule has 0 spiro atoms. The summed E-state index contributed by atoms with van der Waals surface area (Å²) in [5, 5.41) is 3.20. The van der Waals surface area contributed by atoms with E-state index in [1.165, 1.54) is 58.3 Å². The lowest BCUT2D eigenvalue weighted by atomic mass is 9.84. The first-order valence-electron chi connectivity index (χ1n) is 33.1. The molecule has 27 heteroatoms. The number of carbonyl (C=O) groups excluding carboxylic acids is 5. The van der Waals surface area contributed by atoms with E-state index in [0.29, 0.717) is 67.5 Å². The zero-order valence-corrected chi connectivity index (χ0v) is 62.2. The first-order valence-corrected chi connectivity index (χ1v) is 37.0. The summed E-state index contributed by atoms with van der Waals surface area (Å²) in [7, 11) is 0. The Labute approximate surface area is 631 Å². The van der Waals surface area contributed by atoms with Gasteiger partial charge in [0.15, 0.2) is 48.5 Å². The molecule has 4 atom stereocenters. The molecule has 1 aliphatic rings. The third kappa shape index (κ3) is 17.8. The lowest BCUT2D eigenvalue weighted by Gasteiger charge is -2.34. The zero-order valence-electron chi connectivity index (χ0n) is 56.8. The molecule has 4 unspecified atom stereocenters. The van der Waals surface area contributed by atoms with Crippen molar-refractivity contribution < 1.29 is 80.8 Å². The molecule has 3 aromatic heterocycles. The normalized spacial score (nSPS) is 13.7. The minimum atomic E-state index is -1.30. The van der Waals surface area contributed by atoms with Crippen molar-refractivity contribution in [2.45, 2.75) is 58.5 Å². The van der Waals surface area contributed by atoms with Crippen LogP contribution in [0, 0.1) is 5.41 Å². The maximum Gasteiger partial charge on any atom is 0.344 e. The van der Waals surface area contributed by atoms with Gasteiger partial charge in [-0.2, -0.15) is 0 Å². The monoisotopic (exact) mass is 1560 g/mol. The number of fused-ring (bicyclic) bond motifs is 8. The molecule has 3 heterocycles. The van der Waals surface area contributed by atoms with Gasteiger partial charge in [0, 0.05) is 53.4 Å². The summed E-state index contributed by atoms with van der Waals surface area (Å²) in [5.74, 6) is -2.22. The third-order valence-electron chi connectivity index (χ3n) is 16.8. The van der Waals surface area contributed by atoms with Crippen LogP contribution in [0.3, 0.4) is 0 Å². The van der Waals surface area contributed by atoms with E-state index in [0.717, 1.165) is 5.56 Å². The van der Waals surface area contributed by atoms with Crippen LogP contribution >= 0.6 is 80.4 Å². The Morgan fingerprint density at radius 1 is 0.390 bits per heavy atom. The Kier molecular flexibility index (Phi) is 24.7. The molecule has 0 bridgehead atoms. The van der Waals surface area contributed by atoms with Gasteiger partial charge in [0.05, 0.1) is 109 Å². The molecular weight excluding hydrogens is 1490 g/mol. The predicted octanol–water partition coefficient (Wildman–Crippen LogP) is 15.0. The van der Waals surface area contributed by atoms with Crippen molar-refractivity contribution in [2.24, 2.45) is 5.41 Å². The highest BCUT2D eigenvalue weighted by Crippen LogP contribution is 2.41. The van der Waals surface area contributed by atoms with Gasteiger partial charge in [-0.25, -0.2) is 19.2 Å². The third-order valence-corrected chi connectivity index (χ3v) is 21.6. The van der Waals surface area contributed by atoms with E-state index in [9.17, 15) is 38.4 Å². The van der Waals surface area contributed by atoms with Crippen molar-refractivity contribution in [3.63, 3.8) is 0 Å². The number of ether oxygens (including phenoxy) is 12. The standard InChI is InChI=1S/C78H66Cl4O20S3/c1-42(99-63(83)34-95-56-25-21-52(79)67-51(56)29-46-13-5-6-14-47(46)71(67)87)30-91-38-78(39-92-31-43(2)100-64(84)35-96-57-26-22-53(80)68-72(88)48-15-7-10-18-60(48)103-75(57)68,40-93-32-44(3)101-65(85)36-97-58-27-23-54(81)69-73(89)49-16-8-11-19-61(49)104-76(58)69)41-94-33-45(4)102-66(86)37-98-59-28-24-55(82)70-74(90)50-17-9-12-20-62(50)105-77(59)70/h5-28,42-45H,29-41H2,1-4H3. The molecule has 12 rings (SSSR count). The number of hydrogen-bond acceptors (Lipinski definition) is 23. The van der Waals surface area contributed by atoms with Gasteiger partial charge in [-0.1, -0.05) is 107 Å². The van der Waals surface area contributed by atoms with Crippen molar-refractivity contribution in [3.05, 3.63) is 219 Å². The van der Waals surface area contributed by atoms with Gasteiger partial charge in [-0.15, -0.1) is 34.0 Å². The zero-order chi connectivity index (χ0) is 74.1. The average molecular weight is 1560 g/mol. The van der Waals surface area contributed by atoms with E-state index in [1.54, 1.807) is 100 Å². The topological polar surface area (TPSA) is 247 Å². The fourth-order valence-electron chi connectivity index (χ4n) is 12.0. The summed E-state index contributed by atoms with van der Waals surface area (Å²) in [6.07, 6.45) is -3.19. The van der Waals surface area contributed by atoms with E-state index in [1.807, 2.05) is 48.5 Å². The molecule has 544 valence electrons. The summed E-state index contributed by atoms with van der Waals surface area (Å²) in [4.78, 5) is 108. The van der Waals surface area contributed by atoms with Gasteiger partial charge in [-0.05, 0) is 118 Å². The van der Waals surface area contributed by atoms with Gasteiger partial charge in [0.25, 0.3) is 0 Å². The smallest absolute Gasteiger partial charge is 0.344 e. The van der Waals surface area contributed by atoms with Crippen molar-refractivity contribution >= 4 is 171 Å². The van der Waals surface area contributed by atoms with E-state index < -0.39 is 80.1 Å². The molecule has 0 aliphatic heterocycles. The minimum Gasteiger partial charge on any atom is -0.482 e. The summed E-state index contributed by atoms with van der Waals surface area (Å²) in [6.45, 7) is 2.67. The molecule has 0 amide bonds. The van der Waals surface area contributed by atoms with Gasteiger partial charge in [0.2, 0.25) is 0 Å². The molecule has 0 N–H and O–H groups in total. The van der Waals surface area contributed by atoms with E-state index in [4.69, 9.17) is 103 Å². The number of ketones is 1. The van der Waals surface area contributed by atoms with E-state index in [-0.39, 0.29) is 134 Å². The van der Waals surface area contributed by atoms with Crippen LogP contribution in [-0.2, 0) is 63.5 Å². The Morgan fingerprint density at radius 2 is 0.695 bits per heavy atom. The average Bonchev–Trinajstić information content (AvgIpc) is 0.782. The molecule has 0 saturated carbocycles. The fraction of sp³-hybridized carbons (Fsp3) is 0.282. The molecule has 0 radical (unpaired) electrons. The second-order valence-corrected chi connectivity index (χ2v) is 29.8. The highest BCUT2D eigenvalue weighted by atomic mass is 35.5. The van der Waals surface area contributed by atoms with Crippen molar-refractivity contribution in [1.82, 2.24) is 0 Å². The number of carbonyl (C=O) groups is 5. The Morgan fingerprint density at radius 3 is 1.06 bits per heavy atom. The quantitative estimate of drug-likeness (QED) is 0.0216. The second kappa shape index (κ2) is 34.2. The first-order chi connectivity index (χ1) is 50.6. The Bertz CT molecular complexity index is 4950. The van der Waals surface area contributed by atoms with Crippen LogP contribution in [0.1, 0.15) is 54.7 Å². The van der Waals surface area contributed by atoms with Crippen molar-refractivity contribution in [2.75, 3.05) is 79.3 Å². The molecular formula is C78H66Cl4O20S3. The molecule has 8 aromatic carbocycles. The summed E-state index contributed by atoms with van der Waals surface area (Å²) < 4.78 is 75.8. The van der Waals surface area contributed by atoms with Crippen molar-refractivity contribution in [3.8, 4) is 23.0 Å². The van der Waals surface area contributed by atoms with Crippen LogP contribution in [0.4, 0.5) is 0 Å². The van der Waals surface area contributed by atoms with E-state index >= 15 is 0 Å². The number of rotatable bonds is 32. The Hall–Kier alpha value is -8.82. The number of hydrogen-bond donors (Lipinski definition) is 0. The van der Waals surface area contributed by atoms with Gasteiger partial charge < -0.3 is 56.8 Å². The predicted molar refractivity (Wildman–Crippen MR) is 406 cm³/mol. The van der Waals surface area contributed by atoms with Crippen LogP contribution in [0.2, 0.25) is 20.1 Å². The SMILES string of the molecule is CC(COCC(COCC(C)OC(=O)COc1ccc(Cl)c2c(=O)c3ccccc3sc12)(COCC(C)OC(=O)COc1ccc(Cl)c2c(=O)c3ccccc3sc12)COCC(C)OC(=O)COc1ccc(Cl)c2c(=O)c3ccccc3sc12)OC(=O)COc1ccc(Cl)c2c1Cc1ccccc1C2=O. The number of esters is 4. The maximum absolute atomic E-state index is 13.6. The molecule has 20 nitrogen and oxygen atoms in total. The minimum absolute atomic E-state index is 0.187. The molecule has 0 fully saturated rings. The largest absolute Gasteiger partial charge is 0.482 e. The van der Waals surface area contributed by atoms with Gasteiger partial charge >= 0.3 is 23.9 Å². The highest BCUT2D eigenvalue weighted by Gasteiger charge is 2.35. The number of halogens is 4. The number of benzene rings is 8. The van der Waals surface area contributed by atoms with E-state index in [2.05, 4.69) is 0 Å². The van der Waals surface area contributed by atoms with Gasteiger partial charge in [-0.3, -0.25) is 19.2 Å². The summed E-state index contributed by atoms with van der Waals surface area (Å²) in [6, 6.07) is 40.9. The van der Waals surface area contributed by atoms with Crippen LogP contribution in [0.25, 0.3) is 60.5 Å². The molecule has 105 heavy (non-hydrogen) atoms. The molecule has 0 saturated heterocycles. The van der Waals surface area contributed by atoms with Gasteiger partial charge in [0.1, 0.15) is 47.4 Å². The fourth-order valence-corrected chi connectivity index (χ4v) is 16.6. The lowest BCUT2D eigenvalue weighted by Crippen LogP contribution is -2.44.